The Kier molecular flexibility index (Phi) is 16.4. The first-order valence-electron chi connectivity index (χ1n) is 21.5. The molecule has 0 spiro atoms. The number of nitrogens with two attached hydrogens (primary N) is 1. The molecule has 2 aliphatic heterocycles. The van der Waals surface area contributed by atoms with Crippen LogP contribution in [0.3, 0.4) is 0 Å². The fourth-order valence-corrected chi connectivity index (χ4v) is 9.03. The molecule has 2 aromatic rings. The molecule has 0 aromatic heterocycles. The SMILES string of the molecule is C=C1C[C@@H](CO[Si](C)(C)C(C)(C)C)N(C(=O)c2cc(OC)c(OCCCCCOc3ccc(C(=O)N4CC(=C)C[C@H]4CO[Si](C)(C)C(C)(C)C)c(N)c3OC)cc2NC(=O)O)C1. The lowest BCUT2D eigenvalue weighted by atomic mass is 10.1. The van der Waals surface area contributed by atoms with E-state index in [1.807, 2.05) is 0 Å². The molecule has 16 heteroatoms. The van der Waals surface area contributed by atoms with Gasteiger partial charge in [0.2, 0.25) is 0 Å². The third-order valence-electron chi connectivity index (χ3n) is 12.8. The number of anilines is 2. The van der Waals surface area contributed by atoms with E-state index in [1.54, 1.807) is 21.9 Å². The molecule has 4 rings (SSSR count). The smallest absolute Gasteiger partial charge is 0.409 e. The molecule has 344 valence electrons. The molecule has 0 radical (unpaired) electrons. The first-order chi connectivity index (χ1) is 28.8. The maximum Gasteiger partial charge on any atom is 0.409 e. The molecule has 0 aliphatic carbocycles. The van der Waals surface area contributed by atoms with Crippen LogP contribution in [0.15, 0.2) is 48.6 Å². The Morgan fingerprint density at radius 3 is 1.68 bits per heavy atom. The number of benzene rings is 2. The molecule has 2 heterocycles. The van der Waals surface area contributed by atoms with E-state index in [4.69, 9.17) is 33.5 Å². The van der Waals surface area contributed by atoms with Crippen LogP contribution >= 0.6 is 0 Å². The molecule has 4 N–H and O–H groups in total. The molecule has 0 unspecified atom stereocenters. The highest BCUT2D eigenvalue weighted by Crippen LogP contribution is 2.41. The first-order valence-corrected chi connectivity index (χ1v) is 27.3. The standard InChI is InChI=1S/C46H72N4O10Si2/c1-30-22-32(28-59-61(11,12)45(3,4)5)49(26-30)42(51)34-18-19-37(41(56-10)40(34)47)57-20-16-15-17-21-58-39-25-36(48-44(53)54)35(24-38(39)55-9)43(52)50-27-31(2)23-33(50)29-60-62(13,14)46(6,7)8/h18-19,24-25,32-33,48H,1-2,15-17,20-23,26-29,47H2,3-14H3,(H,53,54)/t32-,33-/m0/s1. The summed E-state index contributed by atoms with van der Waals surface area (Å²) in [4.78, 5) is 43.4. The van der Waals surface area contributed by atoms with Gasteiger partial charge in [-0.15, -0.1) is 0 Å². The Balaban J connectivity index is 1.35. The molecule has 0 saturated carbocycles. The van der Waals surface area contributed by atoms with Crippen LogP contribution in [0.5, 0.6) is 23.0 Å². The van der Waals surface area contributed by atoms with Crippen LogP contribution in [0.4, 0.5) is 16.2 Å². The topological polar surface area (TPSA) is 171 Å². The number of nitrogens with zero attached hydrogens (tertiary/aromatic N) is 2. The predicted molar refractivity (Wildman–Crippen MR) is 250 cm³/mol. The van der Waals surface area contributed by atoms with E-state index in [0.717, 1.165) is 17.6 Å². The van der Waals surface area contributed by atoms with E-state index in [-0.39, 0.29) is 50.9 Å². The van der Waals surface area contributed by atoms with Crippen molar-refractivity contribution in [3.8, 4) is 23.0 Å². The number of nitrogens with one attached hydrogen (secondary N) is 1. The molecule has 2 aliphatic rings. The molecule has 14 nitrogen and oxygen atoms in total. The fourth-order valence-electron chi connectivity index (χ4n) is 6.94. The summed E-state index contributed by atoms with van der Waals surface area (Å²) < 4.78 is 36.4. The summed E-state index contributed by atoms with van der Waals surface area (Å²) in [7, 11) is -1.14. The molecule has 2 fully saturated rings. The zero-order chi connectivity index (χ0) is 46.4. The molecular formula is C46H72N4O10Si2. The Bertz CT molecular complexity index is 1970. The Labute approximate surface area is 371 Å². The number of carbonyl (C=O) groups excluding carboxylic acids is 2. The van der Waals surface area contributed by atoms with E-state index in [1.165, 1.54) is 26.4 Å². The number of rotatable bonds is 19. The quantitative estimate of drug-likeness (QED) is 0.0531. The zero-order valence-electron chi connectivity index (χ0n) is 39.2. The number of hydrogen-bond acceptors (Lipinski definition) is 10. The summed E-state index contributed by atoms with van der Waals surface area (Å²) in [5, 5.41) is 12.1. The highest BCUT2D eigenvalue weighted by Gasteiger charge is 2.42. The number of methoxy groups -OCH3 is 2. The van der Waals surface area contributed by atoms with E-state index < -0.39 is 22.7 Å². The van der Waals surface area contributed by atoms with Crippen LogP contribution in [-0.4, -0.2) is 115 Å². The van der Waals surface area contributed by atoms with Gasteiger partial charge in [-0.05, 0) is 86.6 Å². The second-order valence-electron chi connectivity index (χ2n) is 19.5. The van der Waals surface area contributed by atoms with Crippen LogP contribution in [0.1, 0.15) is 94.4 Å². The largest absolute Gasteiger partial charge is 0.493 e. The Morgan fingerprint density at radius 2 is 1.23 bits per heavy atom. The summed E-state index contributed by atoms with van der Waals surface area (Å²) >= 11 is 0. The molecule has 3 amide bonds. The zero-order valence-corrected chi connectivity index (χ0v) is 41.2. The lowest BCUT2D eigenvalue weighted by Crippen LogP contribution is -2.46. The van der Waals surface area contributed by atoms with Crippen LogP contribution in [0.25, 0.3) is 0 Å². The molecule has 62 heavy (non-hydrogen) atoms. The van der Waals surface area contributed by atoms with Crippen molar-refractivity contribution < 1.29 is 47.3 Å². The van der Waals surface area contributed by atoms with Gasteiger partial charge < -0.3 is 48.4 Å². The maximum atomic E-state index is 14.1. The van der Waals surface area contributed by atoms with Gasteiger partial charge >= 0.3 is 6.09 Å². The summed E-state index contributed by atoms with van der Waals surface area (Å²) in [5.41, 5.74) is 9.22. The van der Waals surface area contributed by atoms with Gasteiger partial charge in [-0.2, -0.15) is 0 Å². The van der Waals surface area contributed by atoms with Gasteiger partial charge in [-0.25, -0.2) is 4.79 Å². The van der Waals surface area contributed by atoms with Gasteiger partial charge in [0, 0.05) is 19.2 Å². The molecule has 2 aromatic carbocycles. The average Bonchev–Trinajstić information content (AvgIpc) is 3.75. The summed E-state index contributed by atoms with van der Waals surface area (Å²) in [6.45, 7) is 32.4. The summed E-state index contributed by atoms with van der Waals surface area (Å²) in [5.74, 6) is 0.788. The van der Waals surface area contributed by atoms with E-state index in [0.29, 0.717) is 93.8 Å². The van der Waals surface area contributed by atoms with Gasteiger partial charge in [-0.1, -0.05) is 65.8 Å². The molecule has 0 bridgehead atoms. The second-order valence-corrected chi connectivity index (χ2v) is 29.1. The summed E-state index contributed by atoms with van der Waals surface area (Å²) in [6, 6.07) is 6.04. The van der Waals surface area contributed by atoms with Crippen molar-refractivity contribution in [3.63, 3.8) is 0 Å². The summed E-state index contributed by atoms with van der Waals surface area (Å²) in [6.07, 6.45) is 2.03. The van der Waals surface area contributed by atoms with Crippen molar-refractivity contribution in [2.75, 3.05) is 64.8 Å². The van der Waals surface area contributed by atoms with Crippen molar-refractivity contribution in [3.05, 3.63) is 59.7 Å². The molecule has 2 atom stereocenters. The number of likely N-dealkylation sites (tertiary alicyclic amines) is 2. The number of unbranched alkanes of at least 4 members (excludes halogenated alkanes) is 2. The lowest BCUT2D eigenvalue weighted by molar-refractivity contribution is 0.0680. The Morgan fingerprint density at radius 1 is 0.742 bits per heavy atom. The van der Waals surface area contributed by atoms with Crippen molar-refractivity contribution in [2.45, 2.75) is 122 Å². The third kappa shape index (κ3) is 12.1. The molecular weight excluding hydrogens is 825 g/mol. The van der Waals surface area contributed by atoms with Crippen molar-refractivity contribution in [1.29, 1.82) is 0 Å². The van der Waals surface area contributed by atoms with Crippen LogP contribution < -0.4 is 30.0 Å². The lowest BCUT2D eigenvalue weighted by Gasteiger charge is -2.38. The van der Waals surface area contributed by atoms with Gasteiger partial charge in [0.15, 0.2) is 39.6 Å². The van der Waals surface area contributed by atoms with Gasteiger partial charge in [0.05, 0.1) is 75.2 Å². The van der Waals surface area contributed by atoms with Gasteiger partial charge in [-0.3, -0.25) is 14.9 Å². The van der Waals surface area contributed by atoms with Gasteiger partial charge in [0.1, 0.15) is 0 Å². The highest BCUT2D eigenvalue weighted by molar-refractivity contribution is 6.74. The number of amides is 3. The number of carboxylic acid groups (broad SMARTS) is 1. The minimum absolute atomic E-state index is 0.00379. The highest BCUT2D eigenvalue weighted by atomic mass is 28.4. The van der Waals surface area contributed by atoms with Crippen molar-refractivity contribution in [2.24, 2.45) is 0 Å². The van der Waals surface area contributed by atoms with Crippen LogP contribution in [0, 0.1) is 0 Å². The number of carbonyl (C=O) groups is 3. The van der Waals surface area contributed by atoms with Crippen LogP contribution in [0.2, 0.25) is 36.3 Å². The van der Waals surface area contributed by atoms with Crippen molar-refractivity contribution >= 4 is 45.9 Å². The monoisotopic (exact) mass is 896 g/mol. The van der Waals surface area contributed by atoms with Gasteiger partial charge in [0.25, 0.3) is 11.8 Å². The maximum absolute atomic E-state index is 14.1. The van der Waals surface area contributed by atoms with Crippen molar-refractivity contribution in [1.82, 2.24) is 9.80 Å². The minimum atomic E-state index is -2.09. The predicted octanol–water partition coefficient (Wildman–Crippen LogP) is 9.59. The number of nitrogen functional groups attached to an aromatic ring is 1. The van der Waals surface area contributed by atoms with E-state index >= 15 is 0 Å². The fraction of sp³-hybridized carbons (Fsp3) is 0.587. The van der Waals surface area contributed by atoms with E-state index in [2.05, 4.69) is 86.2 Å². The second kappa shape index (κ2) is 20.3. The average molecular weight is 897 g/mol. The number of ether oxygens (including phenoxy) is 4. The minimum Gasteiger partial charge on any atom is -0.493 e. The molecule has 2 saturated heterocycles. The number of hydrogen-bond donors (Lipinski definition) is 3. The van der Waals surface area contributed by atoms with E-state index in [9.17, 15) is 19.5 Å². The normalized spacial score (nSPS) is 17.4. The third-order valence-corrected chi connectivity index (χ3v) is 21.8. The first kappa shape index (κ1) is 50.1. The van der Waals surface area contributed by atoms with Crippen LogP contribution in [-0.2, 0) is 8.85 Å². The Hall–Kier alpha value is -4.52.